The SMILES string of the molecule is Cc1ccc(NC(=O)COC(=O)c2cccc(N3C(=O)[C@@H]4CC[C@H](C)C[C@H]4C3=O)c2)cc1C. The molecule has 0 bridgehead atoms. The first-order chi connectivity index (χ1) is 15.7. The predicted molar refractivity (Wildman–Crippen MR) is 124 cm³/mol. The van der Waals surface area contributed by atoms with Gasteiger partial charge in [0.05, 0.1) is 23.1 Å². The van der Waals surface area contributed by atoms with Gasteiger partial charge in [-0.05, 0) is 80.5 Å². The minimum absolute atomic E-state index is 0.176. The first kappa shape index (κ1) is 22.7. The zero-order valence-electron chi connectivity index (χ0n) is 19.1. The number of nitrogens with zero attached hydrogens (tertiary/aromatic N) is 1. The Kier molecular flexibility index (Phi) is 6.31. The number of fused-ring (bicyclic) bond motifs is 1. The fourth-order valence-corrected chi connectivity index (χ4v) is 4.65. The van der Waals surface area contributed by atoms with Crippen LogP contribution in [0.5, 0.6) is 0 Å². The molecule has 3 atom stereocenters. The van der Waals surface area contributed by atoms with Crippen LogP contribution in [-0.2, 0) is 19.1 Å². The van der Waals surface area contributed by atoms with Crippen LogP contribution in [0.15, 0.2) is 42.5 Å². The lowest BCUT2D eigenvalue weighted by Crippen LogP contribution is -2.31. The summed E-state index contributed by atoms with van der Waals surface area (Å²) in [5.74, 6) is -1.70. The van der Waals surface area contributed by atoms with E-state index >= 15 is 0 Å². The smallest absolute Gasteiger partial charge is 0.338 e. The Bertz CT molecular complexity index is 1130. The first-order valence-corrected chi connectivity index (χ1v) is 11.3. The molecule has 1 N–H and O–H groups in total. The van der Waals surface area contributed by atoms with Gasteiger partial charge in [-0.15, -0.1) is 0 Å². The van der Waals surface area contributed by atoms with Crippen LogP contribution in [-0.4, -0.2) is 30.3 Å². The van der Waals surface area contributed by atoms with Crippen molar-refractivity contribution in [3.05, 3.63) is 59.2 Å². The standard InChI is InChI=1S/C26H28N2O5/c1-15-7-10-21-22(11-15)25(31)28(24(21)30)20-6-4-5-18(13-20)26(32)33-14-23(29)27-19-9-8-16(2)17(3)12-19/h4-6,8-9,12-13,15,21-22H,7,10-11,14H2,1-3H3,(H,27,29)/t15-,21+,22+/m0/s1. The van der Waals surface area contributed by atoms with Crippen LogP contribution in [0, 0.1) is 31.6 Å². The van der Waals surface area contributed by atoms with Gasteiger partial charge in [-0.2, -0.15) is 0 Å². The third-order valence-corrected chi connectivity index (χ3v) is 6.65. The zero-order chi connectivity index (χ0) is 23.7. The number of benzene rings is 2. The summed E-state index contributed by atoms with van der Waals surface area (Å²) in [5.41, 5.74) is 3.32. The molecule has 0 radical (unpaired) electrons. The summed E-state index contributed by atoms with van der Waals surface area (Å²) in [6.07, 6.45) is 2.36. The highest BCUT2D eigenvalue weighted by atomic mass is 16.5. The van der Waals surface area contributed by atoms with E-state index in [-0.39, 0.29) is 29.2 Å². The number of hydrogen-bond acceptors (Lipinski definition) is 5. The van der Waals surface area contributed by atoms with Crippen LogP contribution < -0.4 is 10.2 Å². The molecule has 2 aromatic rings. The average molecular weight is 449 g/mol. The van der Waals surface area contributed by atoms with Gasteiger partial charge < -0.3 is 10.1 Å². The van der Waals surface area contributed by atoms with Gasteiger partial charge in [0.2, 0.25) is 11.8 Å². The van der Waals surface area contributed by atoms with Crippen LogP contribution in [0.2, 0.25) is 0 Å². The number of ether oxygens (including phenoxy) is 1. The topological polar surface area (TPSA) is 92.8 Å². The number of anilines is 2. The molecule has 3 amide bonds. The quantitative estimate of drug-likeness (QED) is 0.551. The van der Waals surface area contributed by atoms with E-state index in [0.717, 1.165) is 17.5 Å². The van der Waals surface area contributed by atoms with E-state index in [9.17, 15) is 19.2 Å². The highest BCUT2D eigenvalue weighted by Gasteiger charge is 2.50. The van der Waals surface area contributed by atoms with Gasteiger partial charge in [-0.1, -0.05) is 19.1 Å². The van der Waals surface area contributed by atoms with Gasteiger partial charge in [0.1, 0.15) is 0 Å². The average Bonchev–Trinajstić information content (AvgIpc) is 3.04. The number of imide groups is 1. The van der Waals surface area contributed by atoms with E-state index in [4.69, 9.17) is 4.74 Å². The lowest BCUT2D eigenvalue weighted by atomic mass is 9.76. The third-order valence-electron chi connectivity index (χ3n) is 6.65. The molecule has 1 saturated carbocycles. The normalized spacial score (nSPS) is 22.2. The van der Waals surface area contributed by atoms with Crippen molar-refractivity contribution in [3.63, 3.8) is 0 Å². The Morgan fingerprint density at radius 3 is 2.52 bits per heavy atom. The maximum Gasteiger partial charge on any atom is 0.338 e. The van der Waals surface area contributed by atoms with E-state index in [1.165, 1.54) is 17.0 Å². The van der Waals surface area contributed by atoms with E-state index in [1.807, 2.05) is 26.0 Å². The zero-order valence-corrected chi connectivity index (χ0v) is 19.1. The number of carbonyl (C=O) groups is 4. The van der Waals surface area contributed by atoms with Gasteiger partial charge in [0.25, 0.3) is 5.91 Å². The maximum absolute atomic E-state index is 12.9. The number of aryl methyl sites for hydroxylation is 2. The van der Waals surface area contributed by atoms with Gasteiger partial charge in [-0.3, -0.25) is 19.3 Å². The first-order valence-electron chi connectivity index (χ1n) is 11.3. The summed E-state index contributed by atoms with van der Waals surface area (Å²) >= 11 is 0. The summed E-state index contributed by atoms with van der Waals surface area (Å²) in [4.78, 5) is 51.8. The summed E-state index contributed by atoms with van der Waals surface area (Å²) in [6.45, 7) is 5.58. The molecular formula is C26H28N2O5. The van der Waals surface area contributed by atoms with Crippen molar-refractivity contribution in [3.8, 4) is 0 Å². The van der Waals surface area contributed by atoms with Crippen LogP contribution in [0.3, 0.4) is 0 Å². The largest absolute Gasteiger partial charge is 0.452 e. The molecular weight excluding hydrogens is 420 g/mol. The summed E-state index contributed by atoms with van der Waals surface area (Å²) < 4.78 is 5.16. The van der Waals surface area contributed by atoms with Crippen LogP contribution in [0.1, 0.15) is 47.7 Å². The minimum Gasteiger partial charge on any atom is -0.452 e. The van der Waals surface area contributed by atoms with Crippen molar-refractivity contribution < 1.29 is 23.9 Å². The second-order valence-corrected chi connectivity index (χ2v) is 9.12. The molecule has 1 aliphatic heterocycles. The third kappa shape index (κ3) is 4.67. The molecule has 0 aromatic heterocycles. The number of rotatable bonds is 5. The number of nitrogens with one attached hydrogen (secondary N) is 1. The molecule has 2 aliphatic rings. The predicted octanol–water partition coefficient (Wildman–Crippen LogP) is 4.02. The molecule has 2 fully saturated rings. The minimum atomic E-state index is -0.697. The highest BCUT2D eigenvalue weighted by Crippen LogP contribution is 2.42. The molecule has 33 heavy (non-hydrogen) atoms. The Morgan fingerprint density at radius 2 is 1.76 bits per heavy atom. The molecule has 7 heteroatoms. The molecule has 0 spiro atoms. The Labute approximate surface area is 193 Å². The van der Waals surface area contributed by atoms with Crippen molar-refractivity contribution >= 4 is 35.1 Å². The fraction of sp³-hybridized carbons (Fsp3) is 0.385. The van der Waals surface area contributed by atoms with Crippen molar-refractivity contribution in [1.29, 1.82) is 0 Å². The summed E-state index contributed by atoms with van der Waals surface area (Å²) in [5, 5.41) is 2.70. The van der Waals surface area contributed by atoms with E-state index in [0.29, 0.717) is 30.1 Å². The van der Waals surface area contributed by atoms with E-state index < -0.39 is 18.5 Å². The Morgan fingerprint density at radius 1 is 1.00 bits per heavy atom. The Hall–Kier alpha value is -3.48. The fourth-order valence-electron chi connectivity index (χ4n) is 4.65. The molecule has 1 heterocycles. The highest BCUT2D eigenvalue weighted by molar-refractivity contribution is 6.22. The van der Waals surface area contributed by atoms with Crippen molar-refractivity contribution in [2.24, 2.45) is 17.8 Å². The van der Waals surface area contributed by atoms with Crippen LogP contribution in [0.25, 0.3) is 0 Å². The second kappa shape index (κ2) is 9.17. The van der Waals surface area contributed by atoms with Crippen LogP contribution in [0.4, 0.5) is 11.4 Å². The molecule has 2 aromatic carbocycles. The van der Waals surface area contributed by atoms with E-state index in [2.05, 4.69) is 12.2 Å². The number of amides is 3. The number of esters is 1. The molecule has 1 aliphatic carbocycles. The van der Waals surface area contributed by atoms with Gasteiger partial charge in [-0.25, -0.2) is 4.79 Å². The molecule has 1 saturated heterocycles. The monoisotopic (exact) mass is 448 g/mol. The molecule has 0 unspecified atom stereocenters. The molecule has 172 valence electrons. The van der Waals surface area contributed by atoms with Gasteiger partial charge >= 0.3 is 5.97 Å². The second-order valence-electron chi connectivity index (χ2n) is 9.12. The lowest BCUT2D eigenvalue weighted by molar-refractivity contribution is -0.122. The number of hydrogen-bond donors (Lipinski definition) is 1. The van der Waals surface area contributed by atoms with Crippen LogP contribution >= 0.6 is 0 Å². The van der Waals surface area contributed by atoms with Gasteiger partial charge in [0.15, 0.2) is 6.61 Å². The van der Waals surface area contributed by atoms with Crippen molar-refractivity contribution in [2.75, 3.05) is 16.8 Å². The number of carbonyl (C=O) groups excluding carboxylic acids is 4. The van der Waals surface area contributed by atoms with E-state index in [1.54, 1.807) is 18.2 Å². The lowest BCUT2D eigenvalue weighted by Gasteiger charge is -2.25. The van der Waals surface area contributed by atoms with Gasteiger partial charge in [0, 0.05) is 5.69 Å². The molecule has 4 rings (SSSR count). The Balaban J connectivity index is 1.40. The van der Waals surface area contributed by atoms with Crippen molar-refractivity contribution in [2.45, 2.75) is 40.0 Å². The van der Waals surface area contributed by atoms with Crippen molar-refractivity contribution in [1.82, 2.24) is 0 Å². The summed E-state index contributed by atoms with van der Waals surface area (Å²) in [7, 11) is 0. The maximum atomic E-state index is 12.9. The molecule has 7 nitrogen and oxygen atoms in total. The summed E-state index contributed by atoms with van der Waals surface area (Å²) in [6, 6.07) is 11.8.